The smallest absolute Gasteiger partial charge is 0.246 e. The molecule has 0 spiro atoms. The highest BCUT2D eigenvalue weighted by Crippen LogP contribution is 2.40. The van der Waals surface area contributed by atoms with Gasteiger partial charge in [0.05, 0.1) is 33.9 Å². The zero-order chi connectivity index (χ0) is 25.8. The van der Waals surface area contributed by atoms with Crippen LogP contribution in [0.1, 0.15) is 33.4 Å². The van der Waals surface area contributed by atoms with E-state index in [9.17, 15) is 26.3 Å². The van der Waals surface area contributed by atoms with Gasteiger partial charge in [0.1, 0.15) is 0 Å². The summed E-state index contributed by atoms with van der Waals surface area (Å²) in [5, 5.41) is 1.66. The zero-order valence-electron chi connectivity index (χ0n) is 19.1. The zero-order valence-corrected chi connectivity index (χ0v) is 19.1. The van der Waals surface area contributed by atoms with Crippen LogP contribution in [0.25, 0.3) is 10.8 Å². The Balaban J connectivity index is 1.79. The van der Waals surface area contributed by atoms with Gasteiger partial charge in [-0.05, 0) is 60.7 Å². The standard InChI is InChI=1S/C28H18F6N2/c1-15-9-16(2)11-20(10-15)35-25-22-7-3-5-17-6-4-8-23(24(17)22)26(25)36-21-13-18(27(29,30)31)12-19(14-21)28(32,33)34/h3-14H,1-2H3. The molecule has 4 aromatic carbocycles. The number of halogens is 6. The first-order valence-corrected chi connectivity index (χ1v) is 11.0. The third-order valence-corrected chi connectivity index (χ3v) is 5.90. The van der Waals surface area contributed by atoms with Gasteiger partial charge in [0.25, 0.3) is 0 Å². The van der Waals surface area contributed by atoms with Crippen molar-refractivity contribution in [3.8, 4) is 0 Å². The topological polar surface area (TPSA) is 24.7 Å². The summed E-state index contributed by atoms with van der Waals surface area (Å²) in [6.45, 7) is 3.83. The van der Waals surface area contributed by atoms with Gasteiger partial charge in [-0.2, -0.15) is 26.3 Å². The van der Waals surface area contributed by atoms with E-state index in [1.165, 1.54) is 0 Å². The molecule has 182 valence electrons. The van der Waals surface area contributed by atoms with Gasteiger partial charge in [0, 0.05) is 16.5 Å². The maximum atomic E-state index is 13.4. The summed E-state index contributed by atoms with van der Waals surface area (Å²) >= 11 is 0. The van der Waals surface area contributed by atoms with Crippen LogP contribution in [-0.4, -0.2) is 11.4 Å². The van der Waals surface area contributed by atoms with Crippen LogP contribution in [0.2, 0.25) is 0 Å². The molecule has 1 aliphatic rings. The minimum absolute atomic E-state index is 0.0956. The van der Waals surface area contributed by atoms with E-state index in [1.54, 1.807) is 12.1 Å². The van der Waals surface area contributed by atoms with E-state index in [-0.39, 0.29) is 11.8 Å². The van der Waals surface area contributed by atoms with Crippen LogP contribution in [-0.2, 0) is 12.4 Å². The summed E-state index contributed by atoms with van der Waals surface area (Å²) in [6.07, 6.45) is -9.93. The van der Waals surface area contributed by atoms with Crippen LogP contribution < -0.4 is 0 Å². The molecule has 8 heteroatoms. The predicted molar refractivity (Wildman–Crippen MR) is 129 cm³/mol. The third-order valence-electron chi connectivity index (χ3n) is 5.90. The molecular weight excluding hydrogens is 478 g/mol. The number of hydrogen-bond acceptors (Lipinski definition) is 2. The van der Waals surface area contributed by atoms with Gasteiger partial charge in [-0.15, -0.1) is 0 Å². The molecule has 0 aromatic heterocycles. The van der Waals surface area contributed by atoms with Crippen molar-refractivity contribution in [2.24, 2.45) is 9.98 Å². The SMILES string of the molecule is Cc1cc(C)cc(N=C2C(=Nc3cc(C(F)(F)F)cc(C(F)(F)F)c3)c3cccc4cccc2c34)c1. The van der Waals surface area contributed by atoms with E-state index in [2.05, 4.69) is 4.99 Å². The van der Waals surface area contributed by atoms with Gasteiger partial charge < -0.3 is 0 Å². The quantitative estimate of drug-likeness (QED) is 0.248. The molecule has 0 saturated carbocycles. The van der Waals surface area contributed by atoms with Crippen molar-refractivity contribution >= 4 is 33.6 Å². The van der Waals surface area contributed by atoms with Crippen LogP contribution in [0.4, 0.5) is 37.7 Å². The Morgan fingerprint density at radius 1 is 0.556 bits per heavy atom. The molecule has 0 saturated heterocycles. The summed E-state index contributed by atoms with van der Waals surface area (Å²) in [5.41, 5.74) is 1.16. The predicted octanol–water partition coefficient (Wildman–Crippen LogP) is 8.75. The van der Waals surface area contributed by atoms with E-state index in [0.717, 1.165) is 21.9 Å². The molecule has 0 atom stereocenters. The normalized spacial score (nSPS) is 15.9. The molecule has 36 heavy (non-hydrogen) atoms. The van der Waals surface area contributed by atoms with Crippen molar-refractivity contribution in [3.63, 3.8) is 0 Å². The van der Waals surface area contributed by atoms with Crippen LogP contribution in [0.3, 0.4) is 0 Å². The number of alkyl halides is 6. The first-order valence-electron chi connectivity index (χ1n) is 11.0. The van der Waals surface area contributed by atoms with Crippen LogP contribution in [0.15, 0.2) is 82.8 Å². The van der Waals surface area contributed by atoms with Gasteiger partial charge in [0.2, 0.25) is 0 Å². The lowest BCUT2D eigenvalue weighted by Gasteiger charge is -2.13. The first kappa shape index (κ1) is 23.8. The van der Waals surface area contributed by atoms with Crippen molar-refractivity contribution in [2.75, 3.05) is 0 Å². The van der Waals surface area contributed by atoms with Crippen LogP contribution >= 0.6 is 0 Å². The van der Waals surface area contributed by atoms with Gasteiger partial charge >= 0.3 is 12.4 Å². The molecule has 0 N–H and O–H groups in total. The molecular formula is C28H18F6N2. The Hall–Kier alpha value is -3.94. The van der Waals surface area contributed by atoms with E-state index < -0.39 is 29.2 Å². The van der Waals surface area contributed by atoms with E-state index in [0.29, 0.717) is 34.7 Å². The monoisotopic (exact) mass is 496 g/mol. The number of nitrogens with zero attached hydrogens (tertiary/aromatic N) is 2. The highest BCUT2D eigenvalue weighted by Gasteiger charge is 2.37. The fourth-order valence-electron chi connectivity index (χ4n) is 4.49. The molecule has 0 heterocycles. The lowest BCUT2D eigenvalue weighted by atomic mass is 10.1. The Morgan fingerprint density at radius 2 is 1.00 bits per heavy atom. The summed E-state index contributed by atoms with van der Waals surface area (Å²) < 4.78 is 80.7. The number of hydrogen-bond donors (Lipinski definition) is 0. The first-order chi connectivity index (χ1) is 16.9. The van der Waals surface area contributed by atoms with Gasteiger partial charge in [-0.1, -0.05) is 42.5 Å². The van der Waals surface area contributed by atoms with Gasteiger partial charge in [0.15, 0.2) is 0 Å². The van der Waals surface area contributed by atoms with Crippen molar-refractivity contribution in [1.29, 1.82) is 0 Å². The second-order valence-corrected chi connectivity index (χ2v) is 8.74. The molecule has 0 unspecified atom stereocenters. The maximum absolute atomic E-state index is 13.4. The van der Waals surface area contributed by atoms with Crippen LogP contribution in [0, 0.1) is 13.8 Å². The van der Waals surface area contributed by atoms with Gasteiger partial charge in [-0.25, -0.2) is 9.98 Å². The summed E-state index contributed by atoms with van der Waals surface area (Å²) in [6, 6.07) is 18.0. The van der Waals surface area contributed by atoms with E-state index >= 15 is 0 Å². The molecule has 0 radical (unpaired) electrons. The van der Waals surface area contributed by atoms with E-state index in [1.807, 2.05) is 56.3 Å². The molecule has 0 bridgehead atoms. The number of aliphatic imine (C=N–C) groups is 2. The molecule has 1 aliphatic carbocycles. The Morgan fingerprint density at radius 3 is 1.44 bits per heavy atom. The second-order valence-electron chi connectivity index (χ2n) is 8.74. The minimum atomic E-state index is -4.97. The van der Waals surface area contributed by atoms with Crippen molar-refractivity contribution in [3.05, 3.63) is 106 Å². The lowest BCUT2D eigenvalue weighted by molar-refractivity contribution is -0.143. The lowest BCUT2D eigenvalue weighted by Crippen LogP contribution is -2.12. The van der Waals surface area contributed by atoms with Gasteiger partial charge in [-0.3, -0.25) is 0 Å². The highest BCUT2D eigenvalue weighted by atomic mass is 19.4. The Kier molecular flexibility index (Phi) is 5.50. The van der Waals surface area contributed by atoms with E-state index in [4.69, 9.17) is 4.99 Å². The fraction of sp³-hybridized carbons (Fsp3) is 0.143. The molecule has 2 nitrogen and oxygen atoms in total. The number of aryl methyl sites for hydroxylation is 2. The average Bonchev–Trinajstić information content (AvgIpc) is 3.06. The summed E-state index contributed by atoms with van der Waals surface area (Å²) in [7, 11) is 0. The second kappa shape index (κ2) is 8.33. The molecule has 0 aliphatic heterocycles. The fourth-order valence-corrected chi connectivity index (χ4v) is 4.49. The largest absolute Gasteiger partial charge is 0.416 e. The highest BCUT2D eigenvalue weighted by molar-refractivity contribution is 6.61. The third kappa shape index (κ3) is 4.39. The van der Waals surface area contributed by atoms with Crippen LogP contribution in [0.5, 0.6) is 0 Å². The molecule has 0 fully saturated rings. The Bertz CT molecular complexity index is 1520. The van der Waals surface area contributed by atoms with Crippen molar-refractivity contribution in [2.45, 2.75) is 26.2 Å². The average molecular weight is 496 g/mol. The summed E-state index contributed by atoms with van der Waals surface area (Å²) in [4.78, 5) is 9.14. The van der Waals surface area contributed by atoms with Crippen molar-refractivity contribution in [1.82, 2.24) is 0 Å². The number of benzene rings is 4. The molecule has 0 amide bonds. The maximum Gasteiger partial charge on any atom is 0.416 e. The molecule has 5 rings (SSSR count). The molecule has 4 aromatic rings. The van der Waals surface area contributed by atoms with Crippen molar-refractivity contribution < 1.29 is 26.3 Å². The Labute approximate surface area is 202 Å². The summed E-state index contributed by atoms with van der Waals surface area (Å²) in [5.74, 6) is 0. The minimum Gasteiger partial charge on any atom is -0.246 e. The number of rotatable bonds is 2.